The van der Waals surface area contributed by atoms with Crippen LogP contribution in [-0.4, -0.2) is 16.7 Å². The summed E-state index contributed by atoms with van der Waals surface area (Å²) in [6, 6.07) is 0. The van der Waals surface area contributed by atoms with Gasteiger partial charge in [0, 0.05) is 0 Å². The van der Waals surface area contributed by atoms with Crippen LogP contribution in [0.4, 0.5) is 4.79 Å². The first-order valence-corrected chi connectivity index (χ1v) is 0.632. The highest BCUT2D eigenvalue weighted by Gasteiger charge is 1.51. The molecule has 0 aromatic rings. The van der Waals surface area contributed by atoms with E-state index in [1.165, 1.54) is 0 Å². The van der Waals surface area contributed by atoms with Gasteiger partial charge in [0.15, 0.2) is 0 Å². The average molecular weight is 114 g/mol. The van der Waals surface area contributed by atoms with Crippen LogP contribution in [0.3, 0.4) is 0 Å². The molecule has 0 aromatic carbocycles. The van der Waals surface area contributed by atoms with Crippen LogP contribution in [0.25, 0.3) is 0 Å². The molecule has 0 bridgehead atoms. The van der Waals surface area contributed by atoms with Crippen LogP contribution in [0.1, 0.15) is 0 Å². The van der Waals surface area contributed by atoms with Gasteiger partial charge in [0.25, 0.3) is 0 Å². The van der Waals surface area contributed by atoms with Gasteiger partial charge in [0.1, 0.15) is 0 Å². The highest BCUT2D eigenvalue weighted by Crippen LogP contribution is 1.32. The Labute approximate surface area is 40.2 Å². The van der Waals surface area contributed by atoms with Gasteiger partial charge in [-0.05, 0) is 0 Å². The first kappa shape index (κ1) is 35.3. The Balaban J connectivity index is -0.0000000150. The third kappa shape index (κ3) is 70.7. The molecule has 0 amide bonds. The summed E-state index contributed by atoms with van der Waals surface area (Å²) in [4.78, 5) is 8.44. The second-order valence-corrected chi connectivity index (χ2v) is 0.266. The number of carbonyl (C=O) groups is 1. The molecule has 6 nitrogen and oxygen atoms in total. The molecule has 7 heavy (non-hydrogen) atoms. The minimum Gasteiger partial charge on any atom is -0.870 e. The van der Waals surface area contributed by atoms with Gasteiger partial charge in [0.05, 0.1) is 0 Å². The third-order valence-electron chi connectivity index (χ3n) is 0. The lowest BCUT2D eigenvalue weighted by Crippen LogP contribution is -2.17. The summed E-state index contributed by atoms with van der Waals surface area (Å²) in [5.74, 6) is 0. The quantitative estimate of drug-likeness (QED) is 0.385. The Hall–Kier alpha value is -0.850. The molecule has 0 aliphatic rings. The van der Waals surface area contributed by atoms with Crippen molar-refractivity contribution in [3.8, 4) is 0 Å². The molecule has 6 heteroatoms. The molecule has 48 valence electrons. The molecule has 0 atom stereocenters. The first-order valence-electron chi connectivity index (χ1n) is 0.632. The minimum atomic E-state index is -2.08. The van der Waals surface area contributed by atoms with Crippen molar-refractivity contribution in [2.24, 2.45) is 0 Å². The van der Waals surface area contributed by atoms with Crippen molar-refractivity contribution in [2.45, 2.75) is 0 Å². The monoisotopic (exact) mass is 114 g/mol. The number of rotatable bonds is 0. The summed E-state index contributed by atoms with van der Waals surface area (Å²) in [7, 11) is 0. The standard InChI is InChI=1S/CH2O3.2H3N.H2O/c2-1(3)4;;;/h(H2,2,3,4);2*1H3;1H2. The summed E-state index contributed by atoms with van der Waals surface area (Å²) in [5, 5.41) is 15.3. The van der Waals surface area contributed by atoms with E-state index in [1.54, 1.807) is 0 Å². The second-order valence-electron chi connectivity index (χ2n) is 0.266. The van der Waals surface area contributed by atoms with E-state index < -0.39 is 6.16 Å². The minimum absolute atomic E-state index is 0. The maximum atomic E-state index is 8.44. The van der Waals surface area contributed by atoms with Crippen LogP contribution < -0.4 is 17.4 Å². The van der Waals surface area contributed by atoms with E-state index in [-0.39, 0.29) is 17.8 Å². The molecular weight excluding hydrogens is 104 g/mol. The van der Waals surface area contributed by atoms with Gasteiger partial charge in [-0.1, -0.05) is 0 Å². The van der Waals surface area contributed by atoms with E-state index in [0.29, 0.717) is 0 Å². The fraction of sp³-hybridized carbons (Fsp3) is 0. The van der Waals surface area contributed by atoms with Crippen LogP contribution in [0, 0.1) is 0 Å². The summed E-state index contributed by atoms with van der Waals surface area (Å²) in [6.45, 7) is 0. The molecule has 0 saturated carbocycles. The lowest BCUT2D eigenvalue weighted by atomic mass is 11.5. The SMILES string of the molecule is O=C([O-])O.[NH4+].[NH4+].[OH-]. The molecule has 0 aromatic heterocycles. The Kier molecular flexibility index (Phi) is 96.7. The van der Waals surface area contributed by atoms with Gasteiger partial charge < -0.3 is 32.8 Å². The van der Waals surface area contributed by atoms with Gasteiger partial charge in [-0.3, -0.25) is 0 Å². The third-order valence-corrected chi connectivity index (χ3v) is 0. The Morgan fingerprint density at radius 2 is 1.43 bits per heavy atom. The Morgan fingerprint density at radius 3 is 1.43 bits per heavy atom. The van der Waals surface area contributed by atoms with Crippen LogP contribution in [0.15, 0.2) is 0 Å². The lowest BCUT2D eigenvalue weighted by molar-refractivity contribution is -0.275. The molecule has 0 rings (SSSR count). The molecule has 0 spiro atoms. The molecule has 10 N–H and O–H groups in total. The predicted molar refractivity (Wildman–Crippen MR) is 21.9 cm³/mol. The van der Waals surface area contributed by atoms with Crippen molar-refractivity contribution in [3.05, 3.63) is 0 Å². The average Bonchev–Trinajstić information content (AvgIpc) is 0.811. The summed E-state index contributed by atoms with van der Waals surface area (Å²) >= 11 is 0. The maximum absolute atomic E-state index is 8.44. The van der Waals surface area contributed by atoms with Gasteiger partial charge in [-0.25, -0.2) is 0 Å². The molecular formula is CH10N2O4. The van der Waals surface area contributed by atoms with Gasteiger partial charge in [-0.15, -0.1) is 0 Å². The predicted octanol–water partition coefficient (Wildman–Crippen LogP) is -0.537. The summed E-state index contributed by atoms with van der Waals surface area (Å²) in [5.41, 5.74) is 0. The van der Waals surface area contributed by atoms with E-state index in [4.69, 9.17) is 15.0 Å². The topological polar surface area (TPSA) is 163 Å². The van der Waals surface area contributed by atoms with Crippen LogP contribution >= 0.6 is 0 Å². The van der Waals surface area contributed by atoms with Crippen molar-refractivity contribution in [3.63, 3.8) is 0 Å². The normalized spacial score (nSPS) is 3.43. The van der Waals surface area contributed by atoms with Crippen LogP contribution in [0.2, 0.25) is 0 Å². The van der Waals surface area contributed by atoms with E-state index >= 15 is 0 Å². The molecule has 0 radical (unpaired) electrons. The molecule has 0 aliphatic heterocycles. The fourth-order valence-electron chi connectivity index (χ4n) is 0. The van der Waals surface area contributed by atoms with Crippen molar-refractivity contribution < 1.29 is 20.5 Å². The second kappa shape index (κ2) is 19.2. The van der Waals surface area contributed by atoms with E-state index in [9.17, 15) is 0 Å². The first-order chi connectivity index (χ1) is 1.73. The van der Waals surface area contributed by atoms with Crippen molar-refractivity contribution in [1.82, 2.24) is 12.3 Å². The molecule has 0 aliphatic carbocycles. The van der Waals surface area contributed by atoms with Crippen LogP contribution in [-0.2, 0) is 0 Å². The summed E-state index contributed by atoms with van der Waals surface area (Å²) in [6.07, 6.45) is -2.08. The van der Waals surface area contributed by atoms with Crippen LogP contribution in [0.5, 0.6) is 0 Å². The van der Waals surface area contributed by atoms with Crippen molar-refractivity contribution >= 4 is 6.16 Å². The highest BCUT2D eigenvalue weighted by atomic mass is 16.6. The number of carboxylic acid groups (broad SMARTS) is 2. The zero-order valence-corrected chi connectivity index (χ0v) is 4.21. The van der Waals surface area contributed by atoms with Crippen molar-refractivity contribution in [1.29, 1.82) is 0 Å². The van der Waals surface area contributed by atoms with Gasteiger partial charge >= 0.3 is 0 Å². The van der Waals surface area contributed by atoms with Crippen molar-refractivity contribution in [2.75, 3.05) is 0 Å². The van der Waals surface area contributed by atoms with E-state index in [2.05, 4.69) is 0 Å². The number of hydrogen-bond donors (Lipinski definition) is 3. The Morgan fingerprint density at radius 1 is 1.43 bits per heavy atom. The lowest BCUT2D eigenvalue weighted by Gasteiger charge is -1.74. The molecule has 0 unspecified atom stereocenters. The molecule has 0 heterocycles. The van der Waals surface area contributed by atoms with E-state index in [1.807, 2.05) is 0 Å². The zero-order valence-electron chi connectivity index (χ0n) is 4.21. The fourth-order valence-corrected chi connectivity index (χ4v) is 0. The highest BCUT2D eigenvalue weighted by molar-refractivity contribution is 5.50. The van der Waals surface area contributed by atoms with Gasteiger partial charge in [0.2, 0.25) is 6.16 Å². The largest absolute Gasteiger partial charge is 0.870 e. The smallest absolute Gasteiger partial charge is 0.249 e. The van der Waals surface area contributed by atoms with E-state index in [0.717, 1.165) is 0 Å². The maximum Gasteiger partial charge on any atom is 0.249 e. The zero-order chi connectivity index (χ0) is 3.58. The molecule has 0 fully saturated rings. The Bertz CT molecular complexity index is 32.7. The molecule has 0 saturated heterocycles. The number of quaternary nitrogens is 2. The van der Waals surface area contributed by atoms with Gasteiger partial charge in [-0.2, -0.15) is 0 Å². The summed E-state index contributed by atoms with van der Waals surface area (Å²) < 4.78 is 0. The number of hydrogen-bond acceptors (Lipinski definition) is 3.